The molecular formula is C24H20F3N3. The second-order valence-corrected chi connectivity index (χ2v) is 7.02. The van der Waals surface area contributed by atoms with E-state index in [-0.39, 0.29) is 0 Å². The van der Waals surface area contributed by atoms with E-state index in [0.717, 1.165) is 40.1 Å². The van der Waals surface area contributed by atoms with E-state index in [1.807, 2.05) is 29.8 Å². The summed E-state index contributed by atoms with van der Waals surface area (Å²) in [6, 6.07) is 23.6. The van der Waals surface area contributed by atoms with Crippen molar-refractivity contribution in [3.63, 3.8) is 0 Å². The molecule has 6 heteroatoms. The molecule has 0 saturated heterocycles. The first-order chi connectivity index (χ1) is 14.4. The Morgan fingerprint density at radius 2 is 1.40 bits per heavy atom. The number of hydrogen-bond acceptors (Lipinski definition) is 2. The van der Waals surface area contributed by atoms with Gasteiger partial charge in [-0.05, 0) is 34.4 Å². The molecule has 0 amide bonds. The summed E-state index contributed by atoms with van der Waals surface area (Å²) in [6.07, 6.45) is -2.54. The van der Waals surface area contributed by atoms with Gasteiger partial charge in [-0.1, -0.05) is 66.7 Å². The van der Waals surface area contributed by atoms with Crippen molar-refractivity contribution in [2.75, 3.05) is 5.32 Å². The summed E-state index contributed by atoms with van der Waals surface area (Å²) in [5.74, 6) is 0.650. The smallest absolute Gasteiger partial charge is 0.352 e. The van der Waals surface area contributed by atoms with E-state index in [4.69, 9.17) is 0 Å². The highest BCUT2D eigenvalue weighted by molar-refractivity contribution is 5.69. The number of aromatic nitrogens is 2. The predicted octanol–water partition coefficient (Wildman–Crippen LogP) is 6.39. The molecule has 4 aromatic rings. The molecule has 0 bridgehead atoms. The topological polar surface area (TPSA) is 29.9 Å². The summed E-state index contributed by atoms with van der Waals surface area (Å²) in [4.78, 5) is 4.42. The second-order valence-electron chi connectivity index (χ2n) is 7.02. The number of anilines is 1. The third-order valence-electron chi connectivity index (χ3n) is 5.01. The molecule has 0 radical (unpaired) electrons. The van der Waals surface area contributed by atoms with Crippen LogP contribution in [0.2, 0.25) is 0 Å². The van der Waals surface area contributed by atoms with Crippen molar-refractivity contribution in [3.05, 3.63) is 96.2 Å². The summed E-state index contributed by atoms with van der Waals surface area (Å²) in [5, 5.41) is 3.19. The van der Waals surface area contributed by atoms with Crippen LogP contribution in [0.1, 0.15) is 11.1 Å². The summed E-state index contributed by atoms with van der Waals surface area (Å²) in [5.41, 5.74) is 4.39. The van der Waals surface area contributed by atoms with Crippen molar-refractivity contribution in [1.29, 1.82) is 0 Å². The van der Waals surface area contributed by atoms with Gasteiger partial charge in [-0.25, -0.2) is 4.98 Å². The summed E-state index contributed by atoms with van der Waals surface area (Å²) >= 11 is 0. The minimum absolute atomic E-state index is 0.384. The number of benzene rings is 3. The molecule has 152 valence electrons. The van der Waals surface area contributed by atoms with Gasteiger partial charge in [-0.2, -0.15) is 13.2 Å². The van der Waals surface area contributed by atoms with Crippen LogP contribution in [0.25, 0.3) is 22.4 Å². The van der Waals surface area contributed by atoms with Crippen molar-refractivity contribution >= 4 is 5.95 Å². The van der Waals surface area contributed by atoms with E-state index in [0.29, 0.717) is 12.5 Å². The Morgan fingerprint density at radius 1 is 0.800 bits per heavy atom. The quantitative estimate of drug-likeness (QED) is 0.416. The maximum absolute atomic E-state index is 12.7. The molecule has 0 spiro atoms. The van der Waals surface area contributed by atoms with Crippen LogP contribution in [0.15, 0.2) is 85.1 Å². The maximum atomic E-state index is 12.7. The van der Waals surface area contributed by atoms with Crippen LogP contribution in [-0.4, -0.2) is 9.55 Å². The van der Waals surface area contributed by atoms with Gasteiger partial charge in [0, 0.05) is 13.6 Å². The van der Waals surface area contributed by atoms with Crippen LogP contribution in [0.5, 0.6) is 0 Å². The summed E-state index contributed by atoms with van der Waals surface area (Å²) in [6.45, 7) is 0.384. The Balaban J connectivity index is 1.46. The monoisotopic (exact) mass is 407 g/mol. The van der Waals surface area contributed by atoms with Crippen molar-refractivity contribution in [1.82, 2.24) is 9.55 Å². The highest BCUT2D eigenvalue weighted by Crippen LogP contribution is 2.29. The number of alkyl halides is 3. The summed E-state index contributed by atoms with van der Waals surface area (Å²) < 4.78 is 40.0. The number of nitrogens with zero attached hydrogens (tertiary/aromatic N) is 2. The van der Waals surface area contributed by atoms with Gasteiger partial charge in [-0.15, -0.1) is 0 Å². The lowest BCUT2D eigenvalue weighted by Gasteiger charge is -2.10. The zero-order valence-corrected chi connectivity index (χ0v) is 16.3. The molecule has 1 heterocycles. The van der Waals surface area contributed by atoms with Crippen molar-refractivity contribution < 1.29 is 13.2 Å². The second kappa shape index (κ2) is 8.06. The Bertz CT molecular complexity index is 1110. The fourth-order valence-electron chi connectivity index (χ4n) is 3.30. The largest absolute Gasteiger partial charge is 0.416 e. The normalized spacial score (nSPS) is 11.5. The standard InChI is InChI=1S/C24H20F3N3/c1-30-22(20-11-9-19(10-12-20)18-5-3-2-4-6-18)16-29-23(30)28-15-17-7-13-21(14-8-17)24(25,26)27/h2-14,16H,15H2,1H3,(H,28,29). The molecule has 0 aliphatic heterocycles. The van der Waals surface area contributed by atoms with Gasteiger partial charge >= 0.3 is 6.18 Å². The molecule has 0 unspecified atom stereocenters. The zero-order chi connectivity index (χ0) is 21.1. The lowest BCUT2D eigenvalue weighted by Crippen LogP contribution is -2.07. The molecule has 1 aromatic heterocycles. The van der Waals surface area contributed by atoms with Crippen LogP contribution in [-0.2, 0) is 19.8 Å². The third-order valence-corrected chi connectivity index (χ3v) is 5.01. The fraction of sp³-hybridized carbons (Fsp3) is 0.125. The maximum Gasteiger partial charge on any atom is 0.416 e. The van der Waals surface area contributed by atoms with E-state index < -0.39 is 11.7 Å². The highest BCUT2D eigenvalue weighted by Gasteiger charge is 2.29. The highest BCUT2D eigenvalue weighted by atomic mass is 19.4. The van der Waals surface area contributed by atoms with Crippen LogP contribution >= 0.6 is 0 Å². The molecule has 0 aliphatic rings. The van der Waals surface area contributed by atoms with E-state index in [1.165, 1.54) is 12.1 Å². The first kappa shape index (κ1) is 19.8. The van der Waals surface area contributed by atoms with E-state index in [1.54, 1.807) is 6.20 Å². The van der Waals surface area contributed by atoms with Gasteiger partial charge in [0.25, 0.3) is 0 Å². The van der Waals surface area contributed by atoms with Gasteiger partial charge < -0.3 is 9.88 Å². The molecule has 3 nitrogen and oxygen atoms in total. The SMILES string of the molecule is Cn1c(-c2ccc(-c3ccccc3)cc2)cnc1NCc1ccc(C(F)(F)F)cc1. The first-order valence-electron chi connectivity index (χ1n) is 9.49. The number of hydrogen-bond donors (Lipinski definition) is 1. The molecule has 0 saturated carbocycles. The van der Waals surface area contributed by atoms with E-state index in [9.17, 15) is 13.2 Å². The lowest BCUT2D eigenvalue weighted by atomic mass is 10.0. The van der Waals surface area contributed by atoms with Gasteiger partial charge in [-0.3, -0.25) is 0 Å². The third kappa shape index (κ3) is 4.22. The minimum Gasteiger partial charge on any atom is -0.352 e. The number of imidazole rings is 1. The summed E-state index contributed by atoms with van der Waals surface area (Å²) in [7, 11) is 1.91. The molecule has 0 fully saturated rings. The molecule has 1 N–H and O–H groups in total. The Hall–Kier alpha value is -3.54. The van der Waals surface area contributed by atoms with Crippen LogP contribution in [0.3, 0.4) is 0 Å². The van der Waals surface area contributed by atoms with Crippen LogP contribution < -0.4 is 5.32 Å². The fourth-order valence-corrected chi connectivity index (χ4v) is 3.30. The van der Waals surface area contributed by atoms with Crippen LogP contribution in [0.4, 0.5) is 19.1 Å². The predicted molar refractivity (Wildman–Crippen MR) is 113 cm³/mol. The minimum atomic E-state index is -4.32. The molecule has 0 atom stereocenters. The first-order valence-corrected chi connectivity index (χ1v) is 9.49. The molecule has 30 heavy (non-hydrogen) atoms. The molecule has 3 aromatic carbocycles. The van der Waals surface area contributed by atoms with Crippen molar-refractivity contribution in [2.45, 2.75) is 12.7 Å². The Morgan fingerprint density at radius 3 is 2.03 bits per heavy atom. The van der Waals surface area contributed by atoms with Gasteiger partial charge in [0.2, 0.25) is 5.95 Å². The number of halogens is 3. The molecular weight excluding hydrogens is 387 g/mol. The van der Waals surface area contributed by atoms with Crippen molar-refractivity contribution in [3.8, 4) is 22.4 Å². The van der Waals surface area contributed by atoms with E-state index in [2.05, 4.69) is 46.7 Å². The number of rotatable bonds is 5. The Kier molecular flexibility index (Phi) is 5.31. The van der Waals surface area contributed by atoms with Crippen LogP contribution in [0, 0.1) is 0 Å². The lowest BCUT2D eigenvalue weighted by molar-refractivity contribution is -0.137. The van der Waals surface area contributed by atoms with E-state index >= 15 is 0 Å². The Labute approximate surface area is 172 Å². The van der Waals surface area contributed by atoms with Gasteiger partial charge in [0.05, 0.1) is 17.5 Å². The molecule has 0 aliphatic carbocycles. The zero-order valence-electron chi connectivity index (χ0n) is 16.3. The number of nitrogens with one attached hydrogen (secondary N) is 1. The average Bonchev–Trinajstić information content (AvgIpc) is 3.13. The van der Waals surface area contributed by atoms with Gasteiger partial charge in [0.15, 0.2) is 0 Å². The average molecular weight is 407 g/mol. The molecule has 4 rings (SSSR count). The van der Waals surface area contributed by atoms with Gasteiger partial charge in [0.1, 0.15) is 0 Å². The van der Waals surface area contributed by atoms with Crippen molar-refractivity contribution in [2.24, 2.45) is 7.05 Å².